The van der Waals surface area contributed by atoms with E-state index < -0.39 is 0 Å². The van der Waals surface area contributed by atoms with Crippen molar-refractivity contribution in [2.24, 2.45) is 0 Å². The van der Waals surface area contributed by atoms with Crippen LogP contribution in [0, 0.1) is 13.8 Å². The van der Waals surface area contributed by atoms with E-state index in [0.717, 1.165) is 45.1 Å². The molecule has 4 aromatic rings. The van der Waals surface area contributed by atoms with E-state index in [1.165, 1.54) is 16.7 Å². The van der Waals surface area contributed by atoms with E-state index in [2.05, 4.69) is 54.8 Å². The third-order valence-corrected chi connectivity index (χ3v) is 6.86. The highest BCUT2D eigenvalue weighted by atomic mass is 32.1. The summed E-state index contributed by atoms with van der Waals surface area (Å²) < 4.78 is 14.6. The zero-order valence-electron chi connectivity index (χ0n) is 21.2. The first-order valence-electron chi connectivity index (χ1n) is 11.9. The molecule has 0 aliphatic rings. The van der Waals surface area contributed by atoms with Crippen molar-refractivity contribution in [1.29, 1.82) is 0 Å². The number of hydrogen-bond acceptors (Lipinski definition) is 4. The first-order valence-corrected chi connectivity index (χ1v) is 12.3. The zero-order chi connectivity index (χ0) is 24.9. The molecule has 0 radical (unpaired) electrons. The normalized spacial score (nSPS) is 11.1. The van der Waals surface area contributed by atoms with Gasteiger partial charge < -0.3 is 18.9 Å². The van der Waals surface area contributed by atoms with Gasteiger partial charge in [0.2, 0.25) is 0 Å². The number of aromatic nitrogens is 2. The maximum Gasteiger partial charge on any atom is 0.148 e. The molecular weight excluding hydrogens is 454 g/mol. The van der Waals surface area contributed by atoms with Crippen LogP contribution in [0.3, 0.4) is 0 Å². The van der Waals surface area contributed by atoms with Crippen LogP contribution in [-0.4, -0.2) is 33.5 Å². The van der Waals surface area contributed by atoms with E-state index in [-0.39, 0.29) is 0 Å². The maximum absolute atomic E-state index is 6.45. The summed E-state index contributed by atoms with van der Waals surface area (Å²) >= 11 is 5.72. The third kappa shape index (κ3) is 5.55. The number of fused-ring (bicyclic) bond motifs is 1. The minimum atomic E-state index is 0.395. The summed E-state index contributed by atoms with van der Waals surface area (Å²) in [5, 5.41) is 0. The molecule has 5 nitrogen and oxygen atoms in total. The van der Waals surface area contributed by atoms with Crippen LogP contribution in [0.25, 0.3) is 11.0 Å². The van der Waals surface area contributed by atoms with Crippen LogP contribution in [0.1, 0.15) is 40.6 Å². The van der Waals surface area contributed by atoms with Gasteiger partial charge in [0.15, 0.2) is 0 Å². The van der Waals surface area contributed by atoms with Gasteiger partial charge in [-0.1, -0.05) is 67.7 Å². The van der Waals surface area contributed by atoms with Crippen LogP contribution in [0.15, 0.2) is 60.7 Å². The predicted octanol–water partition coefficient (Wildman–Crippen LogP) is 6.21. The standard InChI is InChI=1S/C29H33N3O2S/c1-6-23-14-10-11-20(2)25(23)18-34-27-16-24(29(35)31(4)5)15-26-28(27)30-21(3)32(26)19-33-17-22-12-8-7-9-13-22/h7-16H,6,17-19H2,1-5H3. The molecule has 1 aromatic heterocycles. The van der Waals surface area contributed by atoms with Gasteiger partial charge in [0.05, 0.1) is 12.1 Å². The van der Waals surface area contributed by atoms with E-state index in [9.17, 15) is 0 Å². The van der Waals surface area contributed by atoms with Crippen molar-refractivity contribution in [3.05, 3.63) is 94.3 Å². The van der Waals surface area contributed by atoms with Crippen LogP contribution in [-0.2, 0) is 31.1 Å². The molecule has 0 N–H and O–H groups in total. The molecule has 0 fully saturated rings. The van der Waals surface area contributed by atoms with Crippen molar-refractivity contribution in [1.82, 2.24) is 14.5 Å². The number of rotatable bonds is 9. The predicted molar refractivity (Wildman–Crippen MR) is 146 cm³/mol. The Balaban J connectivity index is 1.68. The van der Waals surface area contributed by atoms with Gasteiger partial charge in [-0.05, 0) is 54.7 Å². The first kappa shape index (κ1) is 24.9. The summed E-state index contributed by atoms with van der Waals surface area (Å²) in [6.45, 7) is 7.72. The second-order valence-corrected chi connectivity index (χ2v) is 9.33. The molecule has 182 valence electrons. The number of ether oxygens (including phenoxy) is 2. The second-order valence-electron chi connectivity index (χ2n) is 8.95. The molecule has 4 rings (SSSR count). The summed E-state index contributed by atoms with van der Waals surface area (Å²) in [7, 11) is 3.92. The number of aryl methyl sites for hydroxylation is 3. The Kier molecular flexibility index (Phi) is 7.83. The van der Waals surface area contributed by atoms with E-state index in [4.69, 9.17) is 26.7 Å². The molecule has 0 aliphatic carbocycles. The number of hydrogen-bond donors (Lipinski definition) is 0. The Morgan fingerprint density at radius 3 is 2.49 bits per heavy atom. The highest BCUT2D eigenvalue weighted by Gasteiger charge is 2.17. The molecule has 0 unspecified atom stereocenters. The monoisotopic (exact) mass is 487 g/mol. The van der Waals surface area contributed by atoms with Crippen LogP contribution in [0.2, 0.25) is 0 Å². The Bertz CT molecular complexity index is 1330. The van der Waals surface area contributed by atoms with Gasteiger partial charge in [0.1, 0.15) is 35.4 Å². The van der Waals surface area contributed by atoms with Crippen LogP contribution >= 0.6 is 12.2 Å². The molecule has 35 heavy (non-hydrogen) atoms. The fraction of sp³-hybridized carbons (Fsp3) is 0.310. The Morgan fingerprint density at radius 1 is 1.00 bits per heavy atom. The molecule has 0 bridgehead atoms. The molecule has 0 aliphatic heterocycles. The fourth-order valence-corrected chi connectivity index (χ4v) is 4.36. The number of imidazole rings is 1. The molecule has 0 atom stereocenters. The van der Waals surface area contributed by atoms with Gasteiger partial charge in [-0.3, -0.25) is 0 Å². The summed E-state index contributed by atoms with van der Waals surface area (Å²) in [6, 6.07) is 20.7. The van der Waals surface area contributed by atoms with Crippen molar-refractivity contribution in [3.63, 3.8) is 0 Å². The van der Waals surface area contributed by atoms with Crippen LogP contribution < -0.4 is 4.74 Å². The first-order chi connectivity index (χ1) is 16.9. The van der Waals surface area contributed by atoms with E-state index in [0.29, 0.717) is 19.9 Å². The van der Waals surface area contributed by atoms with Crippen molar-refractivity contribution >= 4 is 28.2 Å². The van der Waals surface area contributed by atoms with E-state index in [1.807, 2.05) is 50.2 Å². The molecule has 0 saturated carbocycles. The largest absolute Gasteiger partial charge is 0.487 e. The highest BCUT2D eigenvalue weighted by Crippen LogP contribution is 2.30. The smallest absolute Gasteiger partial charge is 0.148 e. The Labute approximate surface area is 213 Å². The lowest BCUT2D eigenvalue weighted by Crippen LogP contribution is -2.20. The van der Waals surface area contributed by atoms with Crippen molar-refractivity contribution < 1.29 is 9.47 Å². The zero-order valence-corrected chi connectivity index (χ0v) is 22.0. The summed E-state index contributed by atoms with van der Waals surface area (Å²) in [6.07, 6.45) is 0.965. The molecule has 1 heterocycles. The van der Waals surface area contributed by atoms with E-state index >= 15 is 0 Å². The quantitative estimate of drug-likeness (QED) is 0.263. The molecule has 0 saturated heterocycles. The van der Waals surface area contributed by atoms with Crippen LogP contribution in [0.5, 0.6) is 5.75 Å². The average molecular weight is 488 g/mol. The maximum atomic E-state index is 6.45. The molecule has 0 spiro atoms. The Morgan fingerprint density at radius 2 is 1.77 bits per heavy atom. The SMILES string of the molecule is CCc1cccc(C)c1COc1cc(C(=S)N(C)C)cc2c1nc(C)n2COCc1ccccc1. The number of thiocarbonyl (C=S) groups is 1. The average Bonchev–Trinajstić information content (AvgIpc) is 3.18. The molecule has 0 amide bonds. The highest BCUT2D eigenvalue weighted by molar-refractivity contribution is 7.80. The Hall–Kier alpha value is -3.22. The van der Waals surface area contributed by atoms with Gasteiger partial charge in [0.25, 0.3) is 0 Å². The summed E-state index contributed by atoms with van der Waals surface area (Å²) in [5.74, 6) is 1.60. The summed E-state index contributed by atoms with van der Waals surface area (Å²) in [5.41, 5.74) is 7.60. The minimum Gasteiger partial charge on any atom is -0.487 e. The molecule has 3 aromatic carbocycles. The van der Waals surface area contributed by atoms with Crippen molar-refractivity contribution in [2.45, 2.75) is 47.1 Å². The lowest BCUT2D eigenvalue weighted by atomic mass is 10.0. The van der Waals surface area contributed by atoms with Crippen molar-refractivity contribution in [3.8, 4) is 5.75 Å². The second kappa shape index (κ2) is 11.0. The van der Waals surface area contributed by atoms with Crippen molar-refractivity contribution in [2.75, 3.05) is 14.1 Å². The number of nitrogens with zero attached hydrogens (tertiary/aromatic N) is 3. The van der Waals surface area contributed by atoms with Gasteiger partial charge in [-0.25, -0.2) is 4.98 Å². The topological polar surface area (TPSA) is 39.5 Å². The lowest BCUT2D eigenvalue weighted by molar-refractivity contribution is 0.0652. The lowest BCUT2D eigenvalue weighted by Gasteiger charge is -2.17. The molecule has 6 heteroatoms. The summed E-state index contributed by atoms with van der Waals surface area (Å²) in [4.78, 5) is 7.55. The molecular formula is C29H33N3O2S. The minimum absolute atomic E-state index is 0.395. The van der Waals surface area contributed by atoms with Gasteiger partial charge in [-0.15, -0.1) is 0 Å². The van der Waals surface area contributed by atoms with Gasteiger partial charge in [0, 0.05) is 19.7 Å². The third-order valence-electron chi connectivity index (χ3n) is 6.26. The van der Waals surface area contributed by atoms with E-state index in [1.54, 1.807) is 0 Å². The van der Waals surface area contributed by atoms with Gasteiger partial charge in [-0.2, -0.15) is 0 Å². The van der Waals surface area contributed by atoms with Gasteiger partial charge >= 0.3 is 0 Å². The number of benzene rings is 3. The fourth-order valence-electron chi connectivity index (χ4n) is 4.24. The van der Waals surface area contributed by atoms with Crippen LogP contribution in [0.4, 0.5) is 0 Å².